The van der Waals surface area contributed by atoms with Gasteiger partial charge in [-0.1, -0.05) is 0 Å². The van der Waals surface area contributed by atoms with Gasteiger partial charge in [0.2, 0.25) is 0 Å². The molecule has 1 aromatic carbocycles. The third-order valence-corrected chi connectivity index (χ3v) is 5.13. The lowest BCUT2D eigenvalue weighted by Gasteiger charge is -2.40. The fourth-order valence-electron chi connectivity index (χ4n) is 3.60. The van der Waals surface area contributed by atoms with Crippen LogP contribution in [0.15, 0.2) is 18.2 Å². The number of likely N-dealkylation sites (tertiary alicyclic amines) is 2. The zero-order valence-corrected chi connectivity index (χ0v) is 14.2. The van der Waals surface area contributed by atoms with Crippen LogP contribution in [-0.4, -0.2) is 59.3 Å². The molecule has 2 saturated heterocycles. The largest absolute Gasteiger partial charge is 0.388 e. The molecule has 0 aliphatic carbocycles. The van der Waals surface area contributed by atoms with Crippen LogP contribution in [0.1, 0.15) is 31.2 Å². The average molecular weight is 335 g/mol. The van der Waals surface area contributed by atoms with E-state index in [-0.39, 0.29) is 11.8 Å². The Labute approximate surface area is 142 Å². The van der Waals surface area contributed by atoms with Gasteiger partial charge >= 0.3 is 6.03 Å². The molecule has 0 saturated carbocycles. The third kappa shape index (κ3) is 4.05. The summed E-state index contributed by atoms with van der Waals surface area (Å²) >= 11 is 0. The van der Waals surface area contributed by atoms with Crippen LogP contribution in [0, 0.1) is 12.7 Å². The van der Waals surface area contributed by atoms with Gasteiger partial charge in [0, 0.05) is 25.3 Å². The van der Waals surface area contributed by atoms with Crippen molar-refractivity contribution in [3.8, 4) is 0 Å². The van der Waals surface area contributed by atoms with E-state index in [0.29, 0.717) is 43.7 Å². The number of aryl methyl sites for hydroxylation is 1. The molecule has 2 aliphatic rings. The van der Waals surface area contributed by atoms with E-state index < -0.39 is 5.60 Å². The van der Waals surface area contributed by atoms with Crippen LogP contribution in [0.4, 0.5) is 14.9 Å². The van der Waals surface area contributed by atoms with E-state index in [2.05, 4.69) is 10.2 Å². The summed E-state index contributed by atoms with van der Waals surface area (Å²) < 4.78 is 13.1. The maximum atomic E-state index is 13.1. The Bertz CT molecular complexity index is 594. The normalized spacial score (nSPS) is 21.0. The van der Waals surface area contributed by atoms with E-state index in [1.54, 1.807) is 17.9 Å². The molecule has 0 radical (unpaired) electrons. The minimum atomic E-state index is -0.688. The van der Waals surface area contributed by atoms with E-state index in [9.17, 15) is 14.3 Å². The zero-order valence-electron chi connectivity index (χ0n) is 14.2. The molecule has 2 fully saturated rings. The lowest BCUT2D eigenvalue weighted by Crippen LogP contribution is -2.52. The summed E-state index contributed by atoms with van der Waals surface area (Å²) in [5, 5.41) is 13.6. The first-order chi connectivity index (χ1) is 11.5. The third-order valence-electron chi connectivity index (χ3n) is 5.13. The van der Waals surface area contributed by atoms with Crippen LogP contribution in [0.25, 0.3) is 0 Å². The smallest absolute Gasteiger partial charge is 0.321 e. The molecule has 2 aliphatic heterocycles. The molecule has 5 nitrogen and oxygen atoms in total. The number of halogens is 1. The minimum absolute atomic E-state index is 0.187. The molecule has 0 aromatic heterocycles. The molecular formula is C18H26FN3O2. The summed E-state index contributed by atoms with van der Waals surface area (Å²) in [6.45, 7) is 5.68. The Balaban J connectivity index is 1.52. The Morgan fingerprint density at radius 3 is 2.54 bits per heavy atom. The summed E-state index contributed by atoms with van der Waals surface area (Å²) in [6, 6.07) is 4.14. The van der Waals surface area contributed by atoms with Gasteiger partial charge in [-0.2, -0.15) is 0 Å². The first kappa shape index (κ1) is 17.2. The summed E-state index contributed by atoms with van der Waals surface area (Å²) in [7, 11) is 0. The summed E-state index contributed by atoms with van der Waals surface area (Å²) in [5.74, 6) is -0.310. The molecule has 2 N–H and O–H groups in total. The molecule has 24 heavy (non-hydrogen) atoms. The highest BCUT2D eigenvalue weighted by molar-refractivity contribution is 5.90. The van der Waals surface area contributed by atoms with Crippen molar-refractivity contribution < 1.29 is 14.3 Å². The lowest BCUT2D eigenvalue weighted by molar-refractivity contribution is -0.0331. The maximum Gasteiger partial charge on any atom is 0.321 e. The van der Waals surface area contributed by atoms with Gasteiger partial charge in [0.05, 0.1) is 5.60 Å². The Kier molecular flexibility index (Phi) is 5.06. The van der Waals surface area contributed by atoms with Gasteiger partial charge in [0.25, 0.3) is 0 Å². The van der Waals surface area contributed by atoms with Gasteiger partial charge in [-0.25, -0.2) is 9.18 Å². The van der Waals surface area contributed by atoms with Crippen LogP contribution in [0.2, 0.25) is 0 Å². The molecule has 0 unspecified atom stereocenters. The summed E-state index contributed by atoms with van der Waals surface area (Å²) in [5.41, 5.74) is 0.637. The van der Waals surface area contributed by atoms with Crippen LogP contribution in [0.5, 0.6) is 0 Å². The summed E-state index contributed by atoms with van der Waals surface area (Å²) in [4.78, 5) is 16.4. The number of carbonyl (C=O) groups excluding carboxylic acids is 1. The highest BCUT2D eigenvalue weighted by Gasteiger charge is 2.36. The van der Waals surface area contributed by atoms with Crippen LogP contribution >= 0.6 is 0 Å². The van der Waals surface area contributed by atoms with E-state index >= 15 is 0 Å². The molecule has 6 heteroatoms. The van der Waals surface area contributed by atoms with E-state index in [4.69, 9.17) is 0 Å². The fourth-order valence-corrected chi connectivity index (χ4v) is 3.60. The number of hydrogen-bond donors (Lipinski definition) is 2. The molecule has 132 valence electrons. The van der Waals surface area contributed by atoms with Crippen molar-refractivity contribution in [3.63, 3.8) is 0 Å². The van der Waals surface area contributed by atoms with Crippen molar-refractivity contribution in [1.82, 2.24) is 9.80 Å². The molecule has 0 spiro atoms. The van der Waals surface area contributed by atoms with E-state index in [1.165, 1.54) is 25.0 Å². The topological polar surface area (TPSA) is 55.8 Å². The lowest BCUT2D eigenvalue weighted by atomic mass is 9.91. The maximum absolute atomic E-state index is 13.1. The van der Waals surface area contributed by atoms with Gasteiger partial charge in [0.1, 0.15) is 5.82 Å². The zero-order chi connectivity index (χ0) is 17.2. The number of urea groups is 1. The minimum Gasteiger partial charge on any atom is -0.388 e. The van der Waals surface area contributed by atoms with Crippen molar-refractivity contribution >= 4 is 11.7 Å². The van der Waals surface area contributed by atoms with Crippen molar-refractivity contribution in [2.45, 2.75) is 38.2 Å². The van der Waals surface area contributed by atoms with Crippen molar-refractivity contribution in [3.05, 3.63) is 29.6 Å². The number of benzene rings is 1. The molecule has 0 atom stereocenters. The highest BCUT2D eigenvalue weighted by Crippen LogP contribution is 2.26. The second kappa shape index (κ2) is 7.07. The number of β-amino-alcohol motifs (C(OH)–C–C–N with tert-alkyl or cyclic N) is 1. The van der Waals surface area contributed by atoms with Crippen LogP contribution in [-0.2, 0) is 0 Å². The number of anilines is 1. The van der Waals surface area contributed by atoms with Gasteiger partial charge in [-0.3, -0.25) is 0 Å². The second-order valence-electron chi connectivity index (χ2n) is 7.08. The van der Waals surface area contributed by atoms with Crippen molar-refractivity contribution in [2.24, 2.45) is 0 Å². The Hall–Kier alpha value is -1.66. The molecule has 1 aromatic rings. The number of nitrogens with zero attached hydrogens (tertiary/aromatic N) is 2. The number of piperidine rings is 1. The second-order valence-corrected chi connectivity index (χ2v) is 7.08. The fraction of sp³-hybridized carbons (Fsp3) is 0.611. The first-order valence-corrected chi connectivity index (χ1v) is 8.72. The molecule has 2 heterocycles. The monoisotopic (exact) mass is 335 g/mol. The number of nitrogens with one attached hydrogen (secondary N) is 1. The Morgan fingerprint density at radius 2 is 1.92 bits per heavy atom. The van der Waals surface area contributed by atoms with Gasteiger partial charge in [0.15, 0.2) is 0 Å². The van der Waals surface area contributed by atoms with Gasteiger partial charge < -0.3 is 20.2 Å². The predicted octanol–water partition coefficient (Wildman–Crippen LogP) is 2.59. The first-order valence-electron chi connectivity index (χ1n) is 8.72. The van der Waals surface area contributed by atoms with E-state index in [0.717, 1.165) is 13.1 Å². The summed E-state index contributed by atoms with van der Waals surface area (Å²) in [6.07, 6.45) is 3.61. The number of rotatable bonds is 3. The number of hydrogen-bond acceptors (Lipinski definition) is 3. The SMILES string of the molecule is Cc1cc(F)ccc1NC(=O)N1CCC(O)(CN2CCCC2)CC1. The number of carbonyl (C=O) groups is 1. The standard InChI is InChI=1S/C18H26FN3O2/c1-14-12-15(19)4-5-16(14)20-17(23)22-10-6-18(24,7-11-22)13-21-8-2-3-9-21/h4-5,12,24H,2-3,6-11,13H2,1H3,(H,20,23). The molecular weight excluding hydrogens is 309 g/mol. The number of aliphatic hydroxyl groups is 1. The molecule has 2 amide bonds. The molecule has 3 rings (SSSR count). The quantitative estimate of drug-likeness (QED) is 0.893. The predicted molar refractivity (Wildman–Crippen MR) is 91.6 cm³/mol. The van der Waals surface area contributed by atoms with Gasteiger partial charge in [-0.05, 0) is 69.5 Å². The average Bonchev–Trinajstić information content (AvgIpc) is 3.03. The highest BCUT2D eigenvalue weighted by atomic mass is 19.1. The molecule has 0 bridgehead atoms. The van der Waals surface area contributed by atoms with Gasteiger partial charge in [-0.15, -0.1) is 0 Å². The van der Waals surface area contributed by atoms with Crippen molar-refractivity contribution in [1.29, 1.82) is 0 Å². The van der Waals surface area contributed by atoms with Crippen LogP contribution in [0.3, 0.4) is 0 Å². The van der Waals surface area contributed by atoms with Crippen molar-refractivity contribution in [2.75, 3.05) is 38.0 Å². The van der Waals surface area contributed by atoms with E-state index in [1.807, 2.05) is 0 Å². The number of amides is 2. The van der Waals surface area contributed by atoms with Crippen LogP contribution < -0.4 is 5.32 Å². The Morgan fingerprint density at radius 1 is 1.25 bits per heavy atom.